The van der Waals surface area contributed by atoms with E-state index in [0.717, 1.165) is 0 Å². The van der Waals surface area contributed by atoms with Crippen molar-refractivity contribution in [1.82, 2.24) is 14.7 Å². The number of amides is 2. The topological polar surface area (TPSA) is 157 Å². The van der Waals surface area contributed by atoms with Crippen LogP contribution in [0.4, 0.5) is 10.7 Å². The van der Waals surface area contributed by atoms with Crippen LogP contribution in [-0.2, 0) is 16.4 Å². The van der Waals surface area contributed by atoms with Crippen molar-refractivity contribution in [1.29, 1.82) is 0 Å². The number of nitrogens with zero attached hydrogens (tertiary/aromatic N) is 2. The van der Waals surface area contributed by atoms with Crippen molar-refractivity contribution in [3.63, 3.8) is 0 Å². The average Bonchev–Trinajstić information content (AvgIpc) is 2.65. The number of urea groups is 1. The van der Waals surface area contributed by atoms with Crippen LogP contribution in [0.5, 0.6) is 11.8 Å². The van der Waals surface area contributed by atoms with Gasteiger partial charge in [0.15, 0.2) is 0 Å². The van der Waals surface area contributed by atoms with E-state index in [9.17, 15) is 23.1 Å². The highest BCUT2D eigenvalue weighted by Gasteiger charge is 2.19. The Kier molecular flexibility index (Phi) is 6.93. The van der Waals surface area contributed by atoms with Crippen LogP contribution in [0.2, 0.25) is 0 Å². The van der Waals surface area contributed by atoms with E-state index in [0.29, 0.717) is 11.1 Å². The summed E-state index contributed by atoms with van der Waals surface area (Å²) in [5.41, 5.74) is 1.04. The Morgan fingerprint density at radius 1 is 1.14 bits per heavy atom. The van der Waals surface area contributed by atoms with E-state index in [2.05, 4.69) is 15.3 Å². The molecule has 2 aromatic rings. The molecule has 2 amide bonds. The zero-order chi connectivity index (χ0) is 21.6. The maximum Gasteiger partial charge on any atom is 0.335 e. The molecule has 0 bridgehead atoms. The second kappa shape index (κ2) is 9.19. The van der Waals surface area contributed by atoms with Crippen molar-refractivity contribution in [3.8, 4) is 11.8 Å². The molecule has 0 saturated carbocycles. The van der Waals surface area contributed by atoms with Gasteiger partial charge in [0.1, 0.15) is 0 Å². The molecule has 0 aliphatic rings. The van der Waals surface area contributed by atoms with E-state index in [1.165, 1.54) is 26.4 Å². The van der Waals surface area contributed by atoms with Crippen molar-refractivity contribution < 1.29 is 32.6 Å². The highest BCUT2D eigenvalue weighted by atomic mass is 32.2. The lowest BCUT2D eigenvalue weighted by molar-refractivity contribution is 0.0695. The van der Waals surface area contributed by atoms with Gasteiger partial charge in [-0.25, -0.2) is 22.7 Å². The third-order valence-corrected chi connectivity index (χ3v) is 5.07. The SMILES string of the molecule is COc1cc(OC)nc(NC(=O)NS(=O)(=O)CCc2c(C)cccc2C(=O)O)n1. The molecule has 0 radical (unpaired) electrons. The largest absolute Gasteiger partial charge is 0.481 e. The molecule has 11 nitrogen and oxygen atoms in total. The number of methoxy groups -OCH3 is 2. The van der Waals surface area contributed by atoms with Crippen LogP contribution in [0, 0.1) is 6.92 Å². The van der Waals surface area contributed by atoms with Gasteiger partial charge in [-0.3, -0.25) is 5.32 Å². The number of carboxylic acid groups (broad SMARTS) is 1. The number of sulfonamides is 1. The lowest BCUT2D eigenvalue weighted by atomic mass is 10.00. The molecule has 12 heteroatoms. The summed E-state index contributed by atoms with van der Waals surface area (Å²) < 4.78 is 36.2. The number of ether oxygens (including phenoxy) is 2. The molecule has 3 N–H and O–H groups in total. The van der Waals surface area contributed by atoms with Crippen molar-refractivity contribution in [2.24, 2.45) is 0 Å². The summed E-state index contributed by atoms with van der Waals surface area (Å²) >= 11 is 0. The number of aromatic nitrogens is 2. The molecule has 156 valence electrons. The lowest BCUT2D eigenvalue weighted by Crippen LogP contribution is -2.37. The first-order valence-electron chi connectivity index (χ1n) is 8.25. The smallest absolute Gasteiger partial charge is 0.335 e. The van der Waals surface area contributed by atoms with Crippen molar-refractivity contribution in [3.05, 3.63) is 41.0 Å². The number of carboxylic acids is 1. The van der Waals surface area contributed by atoms with Gasteiger partial charge in [0, 0.05) is 0 Å². The maximum absolute atomic E-state index is 12.2. The summed E-state index contributed by atoms with van der Waals surface area (Å²) in [6.07, 6.45) is -0.0829. The fourth-order valence-electron chi connectivity index (χ4n) is 2.46. The average molecular weight is 424 g/mol. The van der Waals surface area contributed by atoms with Gasteiger partial charge in [0.05, 0.1) is 31.6 Å². The minimum Gasteiger partial charge on any atom is -0.481 e. The first-order chi connectivity index (χ1) is 13.6. The van der Waals surface area contributed by atoms with Crippen LogP contribution < -0.4 is 19.5 Å². The molecular formula is C17H20N4O7S. The minimum absolute atomic E-state index is 0.0153. The van der Waals surface area contributed by atoms with Crippen molar-refractivity contribution >= 4 is 28.0 Å². The molecule has 1 aromatic heterocycles. The molecule has 0 aliphatic heterocycles. The first kappa shape index (κ1) is 21.9. The van der Waals surface area contributed by atoms with Crippen LogP contribution in [0.15, 0.2) is 24.3 Å². The molecule has 29 heavy (non-hydrogen) atoms. The van der Waals surface area contributed by atoms with E-state index < -0.39 is 27.8 Å². The van der Waals surface area contributed by atoms with Gasteiger partial charge in [-0.05, 0) is 30.5 Å². The zero-order valence-corrected chi connectivity index (χ0v) is 16.7. The van der Waals surface area contributed by atoms with Crippen LogP contribution >= 0.6 is 0 Å². The fraction of sp³-hybridized carbons (Fsp3) is 0.294. The van der Waals surface area contributed by atoms with E-state index in [1.54, 1.807) is 19.1 Å². The summed E-state index contributed by atoms with van der Waals surface area (Å²) in [6.45, 7) is 1.68. The van der Waals surface area contributed by atoms with E-state index in [1.807, 2.05) is 4.72 Å². The molecule has 1 heterocycles. The molecule has 1 aromatic carbocycles. The number of rotatable bonds is 8. The molecule has 0 atom stereocenters. The summed E-state index contributed by atoms with van der Waals surface area (Å²) in [7, 11) is -1.35. The van der Waals surface area contributed by atoms with Crippen LogP contribution in [-0.4, -0.2) is 55.5 Å². The Labute approximate surface area is 167 Å². The zero-order valence-electron chi connectivity index (χ0n) is 15.9. The molecule has 0 fully saturated rings. The number of benzene rings is 1. The lowest BCUT2D eigenvalue weighted by Gasteiger charge is -2.11. The third kappa shape index (κ3) is 6.04. The Morgan fingerprint density at radius 2 is 1.76 bits per heavy atom. The number of hydrogen-bond donors (Lipinski definition) is 3. The quantitative estimate of drug-likeness (QED) is 0.566. The van der Waals surface area contributed by atoms with Gasteiger partial charge in [-0.1, -0.05) is 12.1 Å². The van der Waals surface area contributed by atoms with Crippen LogP contribution in [0.25, 0.3) is 0 Å². The normalized spacial score (nSPS) is 10.9. The number of hydrogen-bond acceptors (Lipinski definition) is 8. The van der Waals surface area contributed by atoms with Crippen molar-refractivity contribution in [2.75, 3.05) is 25.3 Å². The molecule has 0 unspecified atom stereocenters. The van der Waals surface area contributed by atoms with E-state index in [-0.39, 0.29) is 29.7 Å². The monoisotopic (exact) mass is 424 g/mol. The van der Waals surface area contributed by atoms with Crippen LogP contribution in [0.1, 0.15) is 21.5 Å². The number of aryl methyl sites for hydroxylation is 1. The number of carbonyl (C=O) groups is 2. The number of carbonyl (C=O) groups excluding carboxylic acids is 1. The summed E-state index contributed by atoms with van der Waals surface area (Å²) in [5, 5.41) is 11.4. The van der Waals surface area contributed by atoms with Crippen molar-refractivity contribution in [2.45, 2.75) is 13.3 Å². The number of anilines is 1. The number of nitrogens with one attached hydrogen (secondary N) is 2. The first-order valence-corrected chi connectivity index (χ1v) is 9.90. The maximum atomic E-state index is 12.2. The molecule has 2 rings (SSSR count). The molecule has 0 aliphatic carbocycles. The highest BCUT2D eigenvalue weighted by Crippen LogP contribution is 2.18. The van der Waals surface area contributed by atoms with Gasteiger partial charge < -0.3 is 14.6 Å². The fourth-order valence-corrected chi connectivity index (χ4v) is 3.37. The Hall–Kier alpha value is -3.41. The van der Waals surface area contributed by atoms with E-state index >= 15 is 0 Å². The predicted octanol–water partition coefficient (Wildman–Crippen LogP) is 1.19. The second-order valence-corrected chi connectivity index (χ2v) is 7.65. The molecule has 0 spiro atoms. The van der Waals surface area contributed by atoms with Crippen LogP contribution in [0.3, 0.4) is 0 Å². The van der Waals surface area contributed by atoms with E-state index in [4.69, 9.17) is 9.47 Å². The highest BCUT2D eigenvalue weighted by molar-refractivity contribution is 7.90. The second-order valence-electron chi connectivity index (χ2n) is 5.81. The predicted molar refractivity (Wildman–Crippen MR) is 103 cm³/mol. The van der Waals surface area contributed by atoms with Gasteiger partial charge in [-0.15, -0.1) is 0 Å². The summed E-state index contributed by atoms with van der Waals surface area (Å²) in [5.74, 6) is -1.66. The Morgan fingerprint density at radius 3 is 2.31 bits per heavy atom. The standard InChI is InChI=1S/C17H20N4O7S/c1-10-5-4-6-12(15(22)23)11(10)7-8-29(25,26)21-17(24)20-16-18-13(27-2)9-14(19-16)28-3/h4-6,9H,7-8H2,1-3H3,(H,22,23)(H2,18,19,20,21,24). The summed E-state index contributed by atoms with van der Waals surface area (Å²) in [4.78, 5) is 31.1. The van der Waals surface area contributed by atoms with Gasteiger partial charge >= 0.3 is 12.0 Å². The Balaban J connectivity index is 2.07. The van der Waals surface area contributed by atoms with Gasteiger partial charge in [0.25, 0.3) is 0 Å². The molecular weight excluding hydrogens is 404 g/mol. The Bertz CT molecular complexity index is 1000. The van der Waals surface area contributed by atoms with Gasteiger partial charge in [0.2, 0.25) is 27.7 Å². The molecule has 0 saturated heterocycles. The third-order valence-electron chi connectivity index (χ3n) is 3.83. The number of aromatic carboxylic acids is 1. The van der Waals surface area contributed by atoms with Gasteiger partial charge in [-0.2, -0.15) is 9.97 Å². The summed E-state index contributed by atoms with van der Waals surface area (Å²) in [6, 6.07) is 4.95. The minimum atomic E-state index is -4.06.